The van der Waals surface area contributed by atoms with Crippen LogP contribution in [0.1, 0.15) is 19.8 Å². The minimum absolute atomic E-state index is 0. The van der Waals surface area contributed by atoms with E-state index in [4.69, 9.17) is 5.73 Å². The molecule has 6 heteroatoms. The molecule has 0 radical (unpaired) electrons. The summed E-state index contributed by atoms with van der Waals surface area (Å²) in [4.78, 5) is 12.9. The molecule has 1 aromatic carbocycles. The summed E-state index contributed by atoms with van der Waals surface area (Å²) in [5, 5.41) is 2.91. The van der Waals surface area contributed by atoms with E-state index in [2.05, 4.69) is 5.32 Å². The van der Waals surface area contributed by atoms with E-state index < -0.39 is 0 Å². The van der Waals surface area contributed by atoms with E-state index in [-0.39, 0.29) is 36.1 Å². The zero-order chi connectivity index (χ0) is 14.5. The van der Waals surface area contributed by atoms with Crippen LogP contribution >= 0.6 is 24.2 Å². The lowest BCUT2D eigenvalue weighted by Gasteiger charge is -2.15. The van der Waals surface area contributed by atoms with E-state index in [0.29, 0.717) is 18.2 Å². The summed E-state index contributed by atoms with van der Waals surface area (Å²) in [6, 6.07) is 6.42. The number of hydrogen-bond acceptors (Lipinski definition) is 3. The molecular weight excluding hydrogens is 311 g/mol. The molecule has 1 amide bonds. The lowest BCUT2D eigenvalue weighted by molar-refractivity contribution is -0.123. The van der Waals surface area contributed by atoms with Gasteiger partial charge in [0, 0.05) is 29.2 Å². The first-order valence-electron chi connectivity index (χ1n) is 6.98. The minimum Gasteiger partial charge on any atom is -0.354 e. The van der Waals surface area contributed by atoms with Crippen LogP contribution in [0, 0.1) is 17.7 Å². The van der Waals surface area contributed by atoms with Gasteiger partial charge in [-0.25, -0.2) is 4.39 Å². The molecule has 1 aliphatic carbocycles. The molecule has 0 saturated heterocycles. The topological polar surface area (TPSA) is 55.1 Å². The predicted molar refractivity (Wildman–Crippen MR) is 87.2 cm³/mol. The Morgan fingerprint density at radius 2 is 2.05 bits per heavy atom. The third-order valence-corrected chi connectivity index (χ3v) is 4.77. The highest BCUT2D eigenvalue weighted by Crippen LogP contribution is 2.31. The summed E-state index contributed by atoms with van der Waals surface area (Å²) in [7, 11) is 0. The SMILES string of the molecule is CC(CSc1ccc(F)cc1)C(=O)NCC(N)C1CC1.Cl. The number of carbonyl (C=O) groups is 1. The highest BCUT2D eigenvalue weighted by molar-refractivity contribution is 7.99. The van der Waals surface area contributed by atoms with Crippen molar-refractivity contribution in [3.63, 3.8) is 0 Å². The Hall–Kier alpha value is -0.780. The molecule has 3 nitrogen and oxygen atoms in total. The minimum atomic E-state index is -0.241. The van der Waals surface area contributed by atoms with Gasteiger partial charge in [-0.1, -0.05) is 6.92 Å². The summed E-state index contributed by atoms with van der Waals surface area (Å²) < 4.78 is 12.8. The zero-order valence-corrected chi connectivity index (χ0v) is 13.7. The quantitative estimate of drug-likeness (QED) is 0.755. The molecule has 0 heterocycles. The van der Waals surface area contributed by atoms with Crippen molar-refractivity contribution in [3.05, 3.63) is 30.1 Å². The molecule has 0 bridgehead atoms. The molecule has 0 aromatic heterocycles. The van der Waals surface area contributed by atoms with Crippen LogP contribution in [0.5, 0.6) is 0 Å². The van der Waals surface area contributed by atoms with Crippen molar-refractivity contribution in [2.45, 2.75) is 30.7 Å². The van der Waals surface area contributed by atoms with Gasteiger partial charge in [-0.05, 0) is 43.0 Å². The van der Waals surface area contributed by atoms with Crippen LogP contribution in [0.2, 0.25) is 0 Å². The van der Waals surface area contributed by atoms with Crippen molar-refractivity contribution in [1.29, 1.82) is 0 Å². The fraction of sp³-hybridized carbons (Fsp3) is 0.533. The molecular formula is C15H22ClFN2OS. The Morgan fingerprint density at radius 3 is 2.62 bits per heavy atom. The van der Waals surface area contributed by atoms with Gasteiger partial charge in [0.25, 0.3) is 0 Å². The Bertz CT molecular complexity index is 453. The first kappa shape index (κ1) is 18.3. The zero-order valence-electron chi connectivity index (χ0n) is 12.0. The van der Waals surface area contributed by atoms with Crippen molar-refractivity contribution in [2.75, 3.05) is 12.3 Å². The number of hydrogen-bond donors (Lipinski definition) is 2. The molecule has 21 heavy (non-hydrogen) atoms. The molecule has 2 atom stereocenters. The normalized spacial score (nSPS) is 16.7. The summed E-state index contributed by atoms with van der Waals surface area (Å²) in [5.74, 6) is 0.983. The molecule has 1 saturated carbocycles. The van der Waals surface area contributed by atoms with Gasteiger partial charge in [-0.15, -0.1) is 24.2 Å². The van der Waals surface area contributed by atoms with Crippen molar-refractivity contribution in [1.82, 2.24) is 5.32 Å². The largest absolute Gasteiger partial charge is 0.354 e. The summed E-state index contributed by atoms with van der Waals surface area (Å²) >= 11 is 1.56. The second-order valence-corrected chi connectivity index (χ2v) is 6.51. The molecule has 2 rings (SSSR count). The van der Waals surface area contributed by atoms with Crippen LogP contribution in [-0.4, -0.2) is 24.2 Å². The highest BCUT2D eigenvalue weighted by atomic mass is 35.5. The lowest BCUT2D eigenvalue weighted by Crippen LogP contribution is -2.41. The molecule has 1 fully saturated rings. The van der Waals surface area contributed by atoms with Crippen LogP contribution in [0.25, 0.3) is 0 Å². The third kappa shape index (κ3) is 6.24. The van der Waals surface area contributed by atoms with Gasteiger partial charge in [-0.3, -0.25) is 4.79 Å². The Balaban J connectivity index is 0.00000220. The Morgan fingerprint density at radius 1 is 1.43 bits per heavy atom. The van der Waals surface area contributed by atoms with Gasteiger partial charge >= 0.3 is 0 Å². The Labute approximate surface area is 135 Å². The van der Waals surface area contributed by atoms with E-state index >= 15 is 0 Å². The standard InChI is InChI=1S/C15H21FN2OS.ClH/c1-10(9-20-13-6-4-12(16)5-7-13)15(19)18-8-14(17)11-2-3-11;/h4-7,10-11,14H,2-3,8-9,17H2,1H3,(H,18,19);1H. The second-order valence-electron chi connectivity index (χ2n) is 5.41. The molecule has 0 spiro atoms. The fourth-order valence-corrected chi connectivity index (χ4v) is 2.83. The summed E-state index contributed by atoms with van der Waals surface area (Å²) in [6.07, 6.45) is 2.38. The summed E-state index contributed by atoms with van der Waals surface area (Å²) in [5.41, 5.74) is 5.95. The first-order chi connectivity index (χ1) is 9.56. The van der Waals surface area contributed by atoms with E-state index in [9.17, 15) is 9.18 Å². The van der Waals surface area contributed by atoms with Crippen molar-refractivity contribution in [2.24, 2.45) is 17.6 Å². The number of nitrogens with one attached hydrogen (secondary N) is 1. The van der Waals surface area contributed by atoms with E-state index in [1.54, 1.807) is 23.9 Å². The number of rotatable bonds is 7. The van der Waals surface area contributed by atoms with Crippen molar-refractivity contribution in [3.8, 4) is 0 Å². The third-order valence-electron chi connectivity index (χ3n) is 3.50. The highest BCUT2D eigenvalue weighted by Gasteiger charge is 2.28. The van der Waals surface area contributed by atoms with Crippen LogP contribution < -0.4 is 11.1 Å². The second kappa shape index (κ2) is 8.61. The summed E-state index contributed by atoms with van der Waals surface area (Å²) in [6.45, 7) is 2.46. The Kier molecular flexibility index (Phi) is 7.49. The van der Waals surface area contributed by atoms with Crippen LogP contribution in [0.3, 0.4) is 0 Å². The maximum atomic E-state index is 12.8. The average Bonchev–Trinajstić information content (AvgIpc) is 3.28. The van der Waals surface area contributed by atoms with Crippen LogP contribution in [0.4, 0.5) is 4.39 Å². The monoisotopic (exact) mass is 332 g/mol. The maximum absolute atomic E-state index is 12.8. The number of benzene rings is 1. The molecule has 0 aliphatic heterocycles. The molecule has 1 aromatic rings. The average molecular weight is 333 g/mol. The molecule has 1 aliphatic rings. The van der Waals surface area contributed by atoms with Gasteiger partial charge in [-0.2, -0.15) is 0 Å². The fourth-order valence-electron chi connectivity index (χ4n) is 1.91. The van der Waals surface area contributed by atoms with Crippen molar-refractivity contribution >= 4 is 30.1 Å². The van der Waals surface area contributed by atoms with Crippen LogP contribution in [-0.2, 0) is 4.79 Å². The van der Waals surface area contributed by atoms with Gasteiger partial charge in [0.1, 0.15) is 5.82 Å². The van der Waals surface area contributed by atoms with Crippen LogP contribution in [0.15, 0.2) is 29.2 Å². The van der Waals surface area contributed by atoms with E-state index in [0.717, 1.165) is 4.90 Å². The number of carbonyl (C=O) groups excluding carboxylic acids is 1. The number of halogens is 2. The lowest BCUT2D eigenvalue weighted by atomic mass is 10.1. The van der Waals surface area contributed by atoms with E-state index in [1.165, 1.54) is 25.0 Å². The van der Waals surface area contributed by atoms with Gasteiger partial charge in [0.2, 0.25) is 5.91 Å². The number of thioether (sulfide) groups is 1. The predicted octanol–water partition coefficient (Wildman–Crippen LogP) is 2.83. The van der Waals surface area contributed by atoms with Gasteiger partial charge in [0.05, 0.1) is 0 Å². The van der Waals surface area contributed by atoms with E-state index in [1.807, 2.05) is 6.92 Å². The maximum Gasteiger partial charge on any atom is 0.223 e. The number of nitrogens with two attached hydrogens (primary N) is 1. The first-order valence-corrected chi connectivity index (χ1v) is 7.96. The van der Waals surface area contributed by atoms with Gasteiger partial charge < -0.3 is 11.1 Å². The smallest absolute Gasteiger partial charge is 0.223 e. The molecule has 2 unspecified atom stereocenters. The number of amides is 1. The van der Waals surface area contributed by atoms with Gasteiger partial charge in [0.15, 0.2) is 0 Å². The molecule has 118 valence electrons. The molecule has 3 N–H and O–H groups in total. The van der Waals surface area contributed by atoms with Crippen molar-refractivity contribution < 1.29 is 9.18 Å².